The van der Waals surface area contributed by atoms with Crippen LogP contribution in [-0.2, 0) is 6.42 Å². The Morgan fingerprint density at radius 3 is 2.76 bits per heavy atom. The zero-order valence-corrected chi connectivity index (χ0v) is 10.2. The van der Waals surface area contributed by atoms with Gasteiger partial charge in [0.15, 0.2) is 0 Å². The molecule has 0 aliphatic heterocycles. The highest BCUT2D eigenvalue weighted by molar-refractivity contribution is 6.31. The van der Waals surface area contributed by atoms with E-state index in [1.165, 1.54) is 6.07 Å². The fraction of sp³-hybridized carbons (Fsp3) is 0.231. The van der Waals surface area contributed by atoms with Crippen molar-refractivity contribution in [1.29, 1.82) is 0 Å². The van der Waals surface area contributed by atoms with Gasteiger partial charge in [0.1, 0.15) is 11.6 Å². The highest BCUT2D eigenvalue weighted by Gasteiger charge is 2.16. The Balaban J connectivity index is 2.25. The standard InChI is InChI=1S/C13H13ClFNO/c1-8-9(5-6-17-8)13(16)7-10-11(14)3-2-4-12(10)15/h2-6,13H,7,16H2,1H3. The van der Waals surface area contributed by atoms with Crippen LogP contribution in [0.15, 0.2) is 34.9 Å². The summed E-state index contributed by atoms with van der Waals surface area (Å²) in [6.07, 6.45) is 1.93. The molecule has 1 heterocycles. The normalized spacial score (nSPS) is 12.7. The highest BCUT2D eigenvalue weighted by Crippen LogP contribution is 2.26. The molecule has 0 fully saturated rings. The van der Waals surface area contributed by atoms with Crippen molar-refractivity contribution in [3.8, 4) is 0 Å². The van der Waals surface area contributed by atoms with Gasteiger partial charge in [0.25, 0.3) is 0 Å². The maximum atomic E-state index is 13.6. The van der Waals surface area contributed by atoms with Crippen LogP contribution in [0.1, 0.15) is 22.9 Å². The molecule has 0 saturated heterocycles. The number of rotatable bonds is 3. The van der Waals surface area contributed by atoms with Crippen LogP contribution in [0.25, 0.3) is 0 Å². The van der Waals surface area contributed by atoms with Gasteiger partial charge in [-0.2, -0.15) is 0 Å². The van der Waals surface area contributed by atoms with E-state index in [2.05, 4.69) is 0 Å². The number of halogens is 2. The zero-order chi connectivity index (χ0) is 12.4. The van der Waals surface area contributed by atoms with Crippen LogP contribution >= 0.6 is 11.6 Å². The smallest absolute Gasteiger partial charge is 0.127 e. The minimum absolute atomic E-state index is 0.317. The number of hydrogen-bond donors (Lipinski definition) is 1. The maximum Gasteiger partial charge on any atom is 0.127 e. The summed E-state index contributed by atoms with van der Waals surface area (Å²) < 4.78 is 18.8. The summed E-state index contributed by atoms with van der Waals surface area (Å²) in [5.74, 6) is 0.430. The molecule has 0 spiro atoms. The Bertz CT molecular complexity index is 504. The van der Waals surface area contributed by atoms with E-state index in [4.69, 9.17) is 21.8 Å². The van der Waals surface area contributed by atoms with Crippen molar-refractivity contribution in [1.82, 2.24) is 0 Å². The van der Waals surface area contributed by atoms with Gasteiger partial charge in [-0.1, -0.05) is 17.7 Å². The summed E-state index contributed by atoms with van der Waals surface area (Å²) in [5.41, 5.74) is 7.35. The molecule has 1 unspecified atom stereocenters. The fourth-order valence-electron chi connectivity index (χ4n) is 1.84. The van der Waals surface area contributed by atoms with Crippen molar-refractivity contribution >= 4 is 11.6 Å². The summed E-state index contributed by atoms with van der Waals surface area (Å²) in [5, 5.41) is 0.404. The lowest BCUT2D eigenvalue weighted by Crippen LogP contribution is -2.14. The minimum atomic E-state index is -0.325. The second kappa shape index (κ2) is 4.90. The molecule has 1 aromatic carbocycles. The average molecular weight is 254 g/mol. The topological polar surface area (TPSA) is 39.2 Å². The second-order valence-corrected chi connectivity index (χ2v) is 4.35. The van der Waals surface area contributed by atoms with E-state index in [1.807, 2.05) is 6.92 Å². The predicted molar refractivity (Wildman–Crippen MR) is 65.5 cm³/mol. The molecule has 2 nitrogen and oxygen atoms in total. The first-order chi connectivity index (χ1) is 8.09. The SMILES string of the molecule is Cc1occc1C(N)Cc1c(F)cccc1Cl. The Hall–Kier alpha value is -1.32. The number of aryl methyl sites for hydroxylation is 1. The molecule has 4 heteroatoms. The van der Waals surface area contributed by atoms with E-state index in [9.17, 15) is 4.39 Å². The molecule has 0 radical (unpaired) electrons. The monoisotopic (exact) mass is 253 g/mol. The lowest BCUT2D eigenvalue weighted by Gasteiger charge is -2.12. The molecule has 0 saturated carbocycles. The molecule has 90 valence electrons. The molecule has 2 aromatic rings. The van der Waals surface area contributed by atoms with Crippen LogP contribution in [0.3, 0.4) is 0 Å². The molecule has 1 aromatic heterocycles. The van der Waals surface area contributed by atoms with Crippen LogP contribution in [0, 0.1) is 12.7 Å². The molecule has 0 bridgehead atoms. The third-order valence-corrected chi connectivity index (χ3v) is 3.14. The van der Waals surface area contributed by atoms with Crippen molar-refractivity contribution in [3.05, 3.63) is 58.3 Å². The quantitative estimate of drug-likeness (QED) is 0.907. The highest BCUT2D eigenvalue weighted by atomic mass is 35.5. The van der Waals surface area contributed by atoms with Gasteiger partial charge < -0.3 is 10.2 Å². The Labute approximate surface area is 104 Å². The van der Waals surface area contributed by atoms with Crippen LogP contribution in [0.4, 0.5) is 4.39 Å². The summed E-state index contributed by atoms with van der Waals surface area (Å²) in [7, 11) is 0. The zero-order valence-electron chi connectivity index (χ0n) is 9.41. The lowest BCUT2D eigenvalue weighted by atomic mass is 10.00. The van der Waals surface area contributed by atoms with Crippen molar-refractivity contribution in [2.75, 3.05) is 0 Å². The van der Waals surface area contributed by atoms with Gasteiger partial charge in [-0.3, -0.25) is 0 Å². The van der Waals surface area contributed by atoms with E-state index in [0.29, 0.717) is 17.0 Å². The molecule has 2 rings (SSSR count). The Morgan fingerprint density at radius 1 is 1.41 bits per heavy atom. The van der Waals surface area contributed by atoms with Gasteiger partial charge in [0.2, 0.25) is 0 Å². The largest absolute Gasteiger partial charge is 0.469 e. The van der Waals surface area contributed by atoms with Crippen molar-refractivity contribution in [2.24, 2.45) is 5.73 Å². The predicted octanol–water partition coefficient (Wildman–Crippen LogP) is 3.62. The van der Waals surface area contributed by atoms with E-state index >= 15 is 0 Å². The first-order valence-electron chi connectivity index (χ1n) is 5.32. The Morgan fingerprint density at radius 2 is 2.18 bits per heavy atom. The number of nitrogens with two attached hydrogens (primary N) is 1. The van der Waals surface area contributed by atoms with E-state index in [0.717, 1.165) is 11.3 Å². The molecule has 0 aliphatic carbocycles. The van der Waals surface area contributed by atoms with Gasteiger partial charge in [0.05, 0.1) is 6.26 Å². The van der Waals surface area contributed by atoms with E-state index < -0.39 is 0 Å². The third-order valence-electron chi connectivity index (χ3n) is 2.78. The summed E-state index contributed by atoms with van der Waals surface area (Å²) >= 11 is 5.96. The minimum Gasteiger partial charge on any atom is -0.469 e. The molecule has 0 amide bonds. The second-order valence-electron chi connectivity index (χ2n) is 3.94. The third kappa shape index (κ3) is 2.51. The lowest BCUT2D eigenvalue weighted by molar-refractivity contribution is 0.522. The van der Waals surface area contributed by atoms with Crippen LogP contribution < -0.4 is 5.73 Å². The number of hydrogen-bond acceptors (Lipinski definition) is 2. The van der Waals surface area contributed by atoms with Gasteiger partial charge >= 0.3 is 0 Å². The summed E-state index contributed by atoms with van der Waals surface area (Å²) in [6, 6.07) is 6.11. The van der Waals surface area contributed by atoms with Crippen LogP contribution in [-0.4, -0.2) is 0 Å². The number of benzene rings is 1. The first-order valence-corrected chi connectivity index (χ1v) is 5.70. The number of furan rings is 1. The van der Waals surface area contributed by atoms with E-state index in [-0.39, 0.29) is 11.9 Å². The molecular formula is C13H13ClFNO. The van der Waals surface area contributed by atoms with Crippen LogP contribution in [0.2, 0.25) is 5.02 Å². The van der Waals surface area contributed by atoms with Crippen molar-refractivity contribution in [2.45, 2.75) is 19.4 Å². The van der Waals surface area contributed by atoms with E-state index in [1.54, 1.807) is 24.5 Å². The van der Waals surface area contributed by atoms with Gasteiger partial charge in [-0.05, 0) is 31.5 Å². The van der Waals surface area contributed by atoms with Gasteiger partial charge in [0, 0.05) is 22.2 Å². The van der Waals surface area contributed by atoms with Gasteiger partial charge in [-0.15, -0.1) is 0 Å². The Kier molecular flexibility index (Phi) is 3.50. The summed E-state index contributed by atoms with van der Waals surface area (Å²) in [4.78, 5) is 0. The van der Waals surface area contributed by atoms with Crippen LogP contribution in [0.5, 0.6) is 0 Å². The van der Waals surface area contributed by atoms with Crippen molar-refractivity contribution in [3.63, 3.8) is 0 Å². The molecule has 17 heavy (non-hydrogen) atoms. The molecular weight excluding hydrogens is 241 g/mol. The maximum absolute atomic E-state index is 13.6. The van der Waals surface area contributed by atoms with Gasteiger partial charge in [-0.25, -0.2) is 4.39 Å². The van der Waals surface area contributed by atoms with Crippen molar-refractivity contribution < 1.29 is 8.81 Å². The molecule has 0 aliphatic rings. The first kappa shape index (κ1) is 12.1. The fourth-order valence-corrected chi connectivity index (χ4v) is 2.08. The molecule has 1 atom stereocenters. The average Bonchev–Trinajstić information content (AvgIpc) is 2.70. The summed E-state index contributed by atoms with van der Waals surface area (Å²) in [6.45, 7) is 1.83. The molecule has 2 N–H and O–H groups in total.